The van der Waals surface area contributed by atoms with E-state index in [4.69, 9.17) is 9.26 Å². The maximum atomic E-state index is 12.2. The molecule has 1 aliphatic rings. The van der Waals surface area contributed by atoms with E-state index in [0.29, 0.717) is 38.5 Å². The Bertz CT molecular complexity index is 455. The Morgan fingerprint density at radius 3 is 2.76 bits per heavy atom. The zero-order chi connectivity index (χ0) is 15.2. The Morgan fingerprint density at radius 2 is 2.19 bits per heavy atom. The first kappa shape index (κ1) is 15.9. The van der Waals surface area contributed by atoms with E-state index in [1.807, 2.05) is 6.92 Å². The summed E-state index contributed by atoms with van der Waals surface area (Å²) in [4.78, 5) is 16.1. The normalized spacial score (nSPS) is 18.0. The van der Waals surface area contributed by atoms with Crippen LogP contribution >= 0.6 is 0 Å². The third-order valence-corrected chi connectivity index (χ3v) is 3.48. The molecule has 1 amide bonds. The topological polar surface area (TPSA) is 79.0 Å². The fourth-order valence-corrected chi connectivity index (χ4v) is 2.36. The Labute approximate surface area is 124 Å². The minimum absolute atomic E-state index is 0.120. The standard InChI is InChI=1S/C14H23N3O4/c1-3-20-10-12(18)9-16-4-6-17(7-5-16)14(19)13-8-11(2)15-21-13/h8,12,18H,3-7,9-10H2,1-2H3/t12-/m0/s1. The minimum Gasteiger partial charge on any atom is -0.389 e. The van der Waals surface area contributed by atoms with Crippen molar-refractivity contribution in [1.29, 1.82) is 0 Å². The first-order valence-electron chi connectivity index (χ1n) is 7.31. The quantitative estimate of drug-likeness (QED) is 0.804. The summed E-state index contributed by atoms with van der Waals surface area (Å²) in [6.07, 6.45) is -0.482. The van der Waals surface area contributed by atoms with Crippen molar-refractivity contribution >= 4 is 5.91 Å². The maximum absolute atomic E-state index is 12.2. The van der Waals surface area contributed by atoms with E-state index in [9.17, 15) is 9.90 Å². The number of hydrogen-bond donors (Lipinski definition) is 1. The van der Waals surface area contributed by atoms with Gasteiger partial charge in [0.2, 0.25) is 5.76 Å². The first-order valence-corrected chi connectivity index (χ1v) is 7.31. The Hall–Kier alpha value is -1.44. The first-order chi connectivity index (χ1) is 10.1. The molecule has 1 saturated heterocycles. The zero-order valence-electron chi connectivity index (χ0n) is 12.6. The summed E-state index contributed by atoms with van der Waals surface area (Å²) >= 11 is 0. The number of aliphatic hydroxyl groups is 1. The zero-order valence-corrected chi connectivity index (χ0v) is 12.6. The molecule has 0 unspecified atom stereocenters. The van der Waals surface area contributed by atoms with Crippen LogP contribution in [0.5, 0.6) is 0 Å². The lowest BCUT2D eigenvalue weighted by Gasteiger charge is -2.35. The van der Waals surface area contributed by atoms with Crippen molar-refractivity contribution in [2.75, 3.05) is 45.9 Å². The van der Waals surface area contributed by atoms with E-state index in [1.54, 1.807) is 17.9 Å². The molecule has 1 fully saturated rings. The second kappa shape index (κ2) is 7.53. The van der Waals surface area contributed by atoms with Gasteiger partial charge in [0.05, 0.1) is 18.4 Å². The van der Waals surface area contributed by atoms with Crippen LogP contribution in [0.15, 0.2) is 10.6 Å². The summed E-state index contributed by atoms with van der Waals surface area (Å²) in [5.41, 5.74) is 0.705. The Morgan fingerprint density at radius 1 is 1.48 bits per heavy atom. The van der Waals surface area contributed by atoms with Gasteiger partial charge in [-0.2, -0.15) is 0 Å². The van der Waals surface area contributed by atoms with E-state index in [0.717, 1.165) is 13.1 Å². The van der Waals surface area contributed by atoms with Gasteiger partial charge in [-0.1, -0.05) is 5.16 Å². The van der Waals surface area contributed by atoms with Crippen molar-refractivity contribution < 1.29 is 19.2 Å². The number of β-amino-alcohol motifs (C(OH)–C–C–N with tert-alkyl or cyclic N) is 1. The molecule has 2 heterocycles. The van der Waals surface area contributed by atoms with Crippen LogP contribution in [-0.2, 0) is 4.74 Å². The second-order valence-electron chi connectivity index (χ2n) is 5.24. The third-order valence-electron chi connectivity index (χ3n) is 3.48. The lowest BCUT2D eigenvalue weighted by Crippen LogP contribution is -2.50. The molecule has 7 heteroatoms. The highest BCUT2D eigenvalue weighted by Gasteiger charge is 2.25. The van der Waals surface area contributed by atoms with Gasteiger partial charge in [0.1, 0.15) is 0 Å². The summed E-state index contributed by atoms with van der Waals surface area (Å²) < 4.78 is 10.2. The highest BCUT2D eigenvalue weighted by atomic mass is 16.5. The molecule has 0 aromatic carbocycles. The van der Waals surface area contributed by atoms with Crippen molar-refractivity contribution in [3.8, 4) is 0 Å². The Balaban J connectivity index is 1.76. The number of hydrogen-bond acceptors (Lipinski definition) is 6. The van der Waals surface area contributed by atoms with Crippen LogP contribution in [0.2, 0.25) is 0 Å². The second-order valence-corrected chi connectivity index (χ2v) is 5.24. The van der Waals surface area contributed by atoms with Gasteiger partial charge in [0.15, 0.2) is 0 Å². The lowest BCUT2D eigenvalue weighted by atomic mass is 10.2. The SMILES string of the molecule is CCOC[C@@H](O)CN1CCN(C(=O)c2cc(C)no2)CC1. The fourth-order valence-electron chi connectivity index (χ4n) is 2.36. The summed E-state index contributed by atoms with van der Waals surface area (Å²) in [6.45, 7) is 7.95. The number of aliphatic hydroxyl groups excluding tert-OH is 1. The van der Waals surface area contributed by atoms with Gasteiger partial charge in [0.25, 0.3) is 5.91 Å². The van der Waals surface area contributed by atoms with Crippen LogP contribution < -0.4 is 0 Å². The number of amides is 1. The number of nitrogens with zero attached hydrogens (tertiary/aromatic N) is 3. The highest BCUT2D eigenvalue weighted by molar-refractivity contribution is 5.91. The molecule has 1 aliphatic heterocycles. The number of ether oxygens (including phenoxy) is 1. The van der Waals surface area contributed by atoms with Crippen LogP contribution in [0, 0.1) is 6.92 Å². The highest BCUT2D eigenvalue weighted by Crippen LogP contribution is 2.10. The molecular formula is C14H23N3O4. The monoisotopic (exact) mass is 297 g/mol. The molecule has 0 saturated carbocycles. The van der Waals surface area contributed by atoms with Gasteiger partial charge in [0, 0.05) is 45.4 Å². The van der Waals surface area contributed by atoms with Gasteiger partial charge in [-0.05, 0) is 13.8 Å². The van der Waals surface area contributed by atoms with Crippen LogP contribution in [0.3, 0.4) is 0 Å². The van der Waals surface area contributed by atoms with Crippen molar-refractivity contribution in [3.05, 3.63) is 17.5 Å². The van der Waals surface area contributed by atoms with E-state index < -0.39 is 6.10 Å². The van der Waals surface area contributed by atoms with Gasteiger partial charge in [-0.15, -0.1) is 0 Å². The molecule has 0 spiro atoms. The van der Waals surface area contributed by atoms with Crippen LogP contribution in [0.25, 0.3) is 0 Å². The predicted molar refractivity (Wildman–Crippen MR) is 76.1 cm³/mol. The molecule has 0 radical (unpaired) electrons. The van der Waals surface area contributed by atoms with Gasteiger partial charge in [-0.25, -0.2) is 0 Å². The van der Waals surface area contributed by atoms with Crippen molar-refractivity contribution in [2.45, 2.75) is 20.0 Å². The van der Waals surface area contributed by atoms with Crippen molar-refractivity contribution in [3.63, 3.8) is 0 Å². The van der Waals surface area contributed by atoms with Crippen LogP contribution in [-0.4, -0.2) is 78.0 Å². The number of carbonyl (C=O) groups is 1. The van der Waals surface area contributed by atoms with Crippen LogP contribution in [0.1, 0.15) is 23.2 Å². The molecular weight excluding hydrogens is 274 g/mol. The molecule has 2 rings (SSSR count). The third kappa shape index (κ3) is 4.52. The van der Waals surface area contributed by atoms with Crippen LogP contribution in [0.4, 0.5) is 0 Å². The molecule has 1 N–H and O–H groups in total. The van der Waals surface area contributed by atoms with E-state index in [-0.39, 0.29) is 11.7 Å². The number of piperazine rings is 1. The Kier molecular flexibility index (Phi) is 5.72. The number of aryl methyl sites for hydroxylation is 1. The largest absolute Gasteiger partial charge is 0.389 e. The van der Waals surface area contributed by atoms with Gasteiger partial charge >= 0.3 is 0 Å². The molecule has 0 aliphatic carbocycles. The van der Waals surface area contributed by atoms with Gasteiger partial charge < -0.3 is 19.3 Å². The molecule has 1 aromatic heterocycles. The molecule has 21 heavy (non-hydrogen) atoms. The molecule has 0 bridgehead atoms. The fraction of sp³-hybridized carbons (Fsp3) is 0.714. The summed E-state index contributed by atoms with van der Waals surface area (Å²) in [6, 6.07) is 1.65. The summed E-state index contributed by atoms with van der Waals surface area (Å²) in [5, 5.41) is 13.6. The van der Waals surface area contributed by atoms with Crippen molar-refractivity contribution in [1.82, 2.24) is 15.0 Å². The van der Waals surface area contributed by atoms with Gasteiger partial charge in [-0.3, -0.25) is 9.69 Å². The summed E-state index contributed by atoms with van der Waals surface area (Å²) in [5.74, 6) is 0.169. The molecule has 7 nitrogen and oxygen atoms in total. The number of carbonyl (C=O) groups excluding carboxylic acids is 1. The average molecular weight is 297 g/mol. The molecule has 1 atom stereocenters. The van der Waals surface area contributed by atoms with E-state index in [1.165, 1.54) is 0 Å². The summed E-state index contributed by atoms with van der Waals surface area (Å²) in [7, 11) is 0. The maximum Gasteiger partial charge on any atom is 0.292 e. The molecule has 1 aromatic rings. The minimum atomic E-state index is -0.482. The predicted octanol–water partition coefficient (Wildman–Crippen LogP) is 0.138. The van der Waals surface area contributed by atoms with E-state index >= 15 is 0 Å². The van der Waals surface area contributed by atoms with Crippen molar-refractivity contribution in [2.24, 2.45) is 0 Å². The molecule has 118 valence electrons. The average Bonchev–Trinajstić information content (AvgIpc) is 2.92. The smallest absolute Gasteiger partial charge is 0.292 e. The number of aromatic nitrogens is 1. The number of rotatable bonds is 6. The van der Waals surface area contributed by atoms with E-state index in [2.05, 4.69) is 10.1 Å². The lowest BCUT2D eigenvalue weighted by molar-refractivity contribution is 0.0106.